The molecule has 0 aliphatic carbocycles. The van der Waals surface area contributed by atoms with Crippen molar-refractivity contribution in [3.63, 3.8) is 0 Å². The lowest BCUT2D eigenvalue weighted by Gasteiger charge is -2.32. The monoisotopic (exact) mass is 426 g/mol. The number of carbonyl (C=O) groups is 1. The fourth-order valence-corrected chi connectivity index (χ4v) is 3.03. The van der Waals surface area contributed by atoms with E-state index >= 15 is 0 Å². The summed E-state index contributed by atoms with van der Waals surface area (Å²) in [6, 6.07) is 12.5. The highest BCUT2D eigenvalue weighted by atomic mass is 79.9. The van der Waals surface area contributed by atoms with Crippen molar-refractivity contribution in [3.05, 3.63) is 69.7 Å². The van der Waals surface area contributed by atoms with Crippen LogP contribution in [0.2, 0.25) is 0 Å². The molecular formula is C18H14BrF3N2O2. The second-order valence-electron chi connectivity index (χ2n) is 6.03. The molecule has 3 rings (SSSR count). The Morgan fingerprint density at radius 2 is 1.88 bits per heavy atom. The van der Waals surface area contributed by atoms with Crippen molar-refractivity contribution in [1.29, 1.82) is 0 Å². The highest BCUT2D eigenvalue weighted by Crippen LogP contribution is 2.42. The fraction of sp³-hybridized carbons (Fsp3) is 0.222. The molecule has 0 bridgehead atoms. The Morgan fingerprint density at radius 1 is 1.23 bits per heavy atom. The minimum atomic E-state index is -5.06. The maximum atomic E-state index is 13.6. The van der Waals surface area contributed by atoms with Crippen molar-refractivity contribution >= 4 is 27.5 Å². The molecule has 136 valence electrons. The third-order valence-electron chi connectivity index (χ3n) is 4.09. The highest BCUT2D eigenvalue weighted by Gasteiger charge is 2.63. The average Bonchev–Trinajstić information content (AvgIpc) is 2.94. The van der Waals surface area contributed by atoms with Gasteiger partial charge in [-0.05, 0) is 36.8 Å². The molecule has 4 nitrogen and oxygen atoms in total. The van der Waals surface area contributed by atoms with Gasteiger partial charge < -0.3 is 5.11 Å². The van der Waals surface area contributed by atoms with Crippen LogP contribution in [0.15, 0.2) is 58.1 Å². The largest absolute Gasteiger partial charge is 0.438 e. The lowest BCUT2D eigenvalue weighted by atomic mass is 10.0. The van der Waals surface area contributed by atoms with E-state index in [0.717, 1.165) is 5.56 Å². The molecule has 8 heteroatoms. The Kier molecular flexibility index (Phi) is 4.66. The number of aliphatic hydroxyl groups is 1. The molecule has 1 heterocycles. The number of hydrazone groups is 1. The molecule has 26 heavy (non-hydrogen) atoms. The lowest BCUT2D eigenvalue weighted by Crippen LogP contribution is -2.56. The van der Waals surface area contributed by atoms with Crippen molar-refractivity contribution in [2.24, 2.45) is 5.10 Å². The first kappa shape index (κ1) is 18.6. The standard InChI is InChI=1S/C18H14BrF3N2O2/c1-11-5-7-12(8-6-11)16(25)24-17(26,18(20,21)22)10-15(23-24)13-3-2-4-14(19)9-13/h2-9,26H,10H2,1H3/t17-/m1/s1. The van der Waals surface area contributed by atoms with Gasteiger partial charge in [-0.2, -0.15) is 23.3 Å². The van der Waals surface area contributed by atoms with E-state index in [-0.39, 0.29) is 16.3 Å². The van der Waals surface area contributed by atoms with Gasteiger partial charge in [-0.25, -0.2) is 0 Å². The smallest absolute Gasteiger partial charge is 0.362 e. The average molecular weight is 427 g/mol. The number of amides is 1. The van der Waals surface area contributed by atoms with E-state index in [2.05, 4.69) is 21.0 Å². The van der Waals surface area contributed by atoms with Gasteiger partial charge >= 0.3 is 6.18 Å². The van der Waals surface area contributed by atoms with Crippen molar-refractivity contribution in [2.75, 3.05) is 0 Å². The number of aryl methyl sites for hydroxylation is 1. The van der Waals surface area contributed by atoms with E-state index in [1.165, 1.54) is 12.1 Å². The van der Waals surface area contributed by atoms with Crippen LogP contribution in [-0.4, -0.2) is 33.6 Å². The van der Waals surface area contributed by atoms with Crippen LogP contribution in [0, 0.1) is 6.92 Å². The minimum absolute atomic E-state index is 0.0116. The first-order valence-corrected chi connectivity index (χ1v) is 8.45. The molecule has 2 aromatic rings. The molecule has 0 radical (unpaired) electrons. The van der Waals surface area contributed by atoms with Gasteiger partial charge in [-0.15, -0.1) is 0 Å². The second-order valence-corrected chi connectivity index (χ2v) is 6.95. The maximum absolute atomic E-state index is 13.6. The Labute approximate surface area is 156 Å². The molecule has 1 aliphatic heterocycles. The summed E-state index contributed by atoms with van der Waals surface area (Å²) >= 11 is 3.24. The third-order valence-corrected chi connectivity index (χ3v) is 4.58. The van der Waals surface area contributed by atoms with E-state index in [0.29, 0.717) is 10.0 Å². The Bertz CT molecular complexity index is 881. The first-order chi connectivity index (χ1) is 12.1. The summed E-state index contributed by atoms with van der Waals surface area (Å²) in [7, 11) is 0. The number of carbonyl (C=O) groups excluding carboxylic acids is 1. The molecule has 1 N–H and O–H groups in total. The molecule has 0 spiro atoms. The highest BCUT2D eigenvalue weighted by molar-refractivity contribution is 9.10. The fourth-order valence-electron chi connectivity index (χ4n) is 2.63. The number of alkyl halides is 3. The van der Waals surface area contributed by atoms with E-state index in [4.69, 9.17) is 0 Å². The zero-order chi connectivity index (χ0) is 19.1. The normalized spacial score (nSPS) is 20.2. The van der Waals surface area contributed by atoms with Gasteiger partial charge in [0, 0.05) is 10.0 Å². The van der Waals surface area contributed by atoms with Crippen LogP contribution >= 0.6 is 15.9 Å². The SMILES string of the molecule is Cc1ccc(C(=O)N2N=C(c3cccc(Br)c3)C[C@@]2(O)C(F)(F)F)cc1. The minimum Gasteiger partial charge on any atom is -0.362 e. The number of benzene rings is 2. The van der Waals surface area contributed by atoms with Crippen LogP contribution in [0.5, 0.6) is 0 Å². The zero-order valence-corrected chi connectivity index (χ0v) is 15.2. The van der Waals surface area contributed by atoms with Gasteiger partial charge in [0.2, 0.25) is 0 Å². The van der Waals surface area contributed by atoms with Crippen molar-refractivity contribution in [1.82, 2.24) is 5.01 Å². The molecular weight excluding hydrogens is 413 g/mol. The van der Waals surface area contributed by atoms with Gasteiger partial charge in [0.05, 0.1) is 12.1 Å². The van der Waals surface area contributed by atoms with Crippen LogP contribution in [-0.2, 0) is 0 Å². The molecule has 0 saturated carbocycles. The molecule has 0 unspecified atom stereocenters. The second kappa shape index (κ2) is 6.51. The Morgan fingerprint density at radius 3 is 2.46 bits per heavy atom. The van der Waals surface area contributed by atoms with E-state index in [9.17, 15) is 23.1 Å². The molecule has 0 saturated heterocycles. The summed E-state index contributed by atoms with van der Waals surface area (Å²) in [5, 5.41) is 14.3. The number of hydrogen-bond acceptors (Lipinski definition) is 3. The lowest BCUT2D eigenvalue weighted by molar-refractivity contribution is -0.297. The van der Waals surface area contributed by atoms with Crippen LogP contribution in [0.25, 0.3) is 0 Å². The van der Waals surface area contributed by atoms with E-state index < -0.39 is 24.2 Å². The van der Waals surface area contributed by atoms with Crippen LogP contribution < -0.4 is 0 Å². The summed E-state index contributed by atoms with van der Waals surface area (Å²) in [6.07, 6.45) is -5.91. The number of nitrogens with zero attached hydrogens (tertiary/aromatic N) is 2. The predicted octanol–water partition coefficient (Wildman–Crippen LogP) is 4.26. The topological polar surface area (TPSA) is 52.9 Å². The molecule has 0 fully saturated rings. The summed E-state index contributed by atoms with van der Waals surface area (Å²) in [6.45, 7) is 1.79. The van der Waals surface area contributed by atoms with Gasteiger partial charge in [0.25, 0.3) is 11.6 Å². The summed E-state index contributed by atoms with van der Waals surface area (Å²) in [5.74, 6) is -1.02. The summed E-state index contributed by atoms with van der Waals surface area (Å²) in [5.41, 5.74) is -2.16. The number of rotatable bonds is 2. The molecule has 2 aromatic carbocycles. The molecule has 1 amide bonds. The van der Waals surface area contributed by atoms with Crippen LogP contribution in [0.3, 0.4) is 0 Å². The Hall–Kier alpha value is -2.19. The van der Waals surface area contributed by atoms with Gasteiger partial charge in [0.1, 0.15) is 0 Å². The van der Waals surface area contributed by atoms with Crippen LogP contribution in [0.4, 0.5) is 13.2 Å². The third kappa shape index (κ3) is 3.26. The number of hydrogen-bond donors (Lipinski definition) is 1. The number of halogens is 4. The first-order valence-electron chi connectivity index (χ1n) is 7.65. The summed E-state index contributed by atoms with van der Waals surface area (Å²) < 4.78 is 41.4. The van der Waals surface area contributed by atoms with Gasteiger partial charge in [0.15, 0.2) is 0 Å². The zero-order valence-electron chi connectivity index (χ0n) is 13.6. The van der Waals surface area contributed by atoms with E-state index in [1.54, 1.807) is 43.3 Å². The van der Waals surface area contributed by atoms with Gasteiger partial charge in [-0.3, -0.25) is 4.79 Å². The van der Waals surface area contributed by atoms with Crippen molar-refractivity contribution in [2.45, 2.75) is 25.2 Å². The maximum Gasteiger partial charge on any atom is 0.438 e. The van der Waals surface area contributed by atoms with Crippen molar-refractivity contribution in [3.8, 4) is 0 Å². The van der Waals surface area contributed by atoms with Crippen molar-refractivity contribution < 1.29 is 23.1 Å². The Balaban J connectivity index is 2.05. The quantitative estimate of drug-likeness (QED) is 0.779. The molecule has 0 aromatic heterocycles. The predicted molar refractivity (Wildman–Crippen MR) is 93.6 cm³/mol. The van der Waals surface area contributed by atoms with E-state index in [1.807, 2.05) is 0 Å². The van der Waals surface area contributed by atoms with Crippen LogP contribution in [0.1, 0.15) is 27.9 Å². The molecule has 1 atom stereocenters. The molecule has 1 aliphatic rings. The van der Waals surface area contributed by atoms with Gasteiger partial charge in [-0.1, -0.05) is 45.8 Å². The summed E-state index contributed by atoms with van der Waals surface area (Å²) in [4.78, 5) is 12.6.